The van der Waals surface area contributed by atoms with Gasteiger partial charge in [-0.3, -0.25) is 0 Å². The molecule has 1 aromatic carbocycles. The molecule has 0 aliphatic heterocycles. The molecule has 0 heterocycles. The van der Waals surface area contributed by atoms with Crippen LogP contribution in [0, 0.1) is 18.3 Å². The van der Waals surface area contributed by atoms with E-state index in [1.165, 1.54) is 12.0 Å². The number of hydrogen-bond acceptors (Lipinski definition) is 2. The predicted molar refractivity (Wildman–Crippen MR) is 65.1 cm³/mol. The maximum Gasteiger partial charge on any atom is 0.161 e. The molecule has 2 heteroatoms. The Bertz CT molecular complexity index is 382. The third-order valence-corrected chi connectivity index (χ3v) is 3.48. The SMILES string of the molecule is COc1cc(C)ccc1OCC1CC1(C)C. The summed E-state index contributed by atoms with van der Waals surface area (Å²) in [6, 6.07) is 6.05. The molecule has 0 saturated heterocycles. The molecule has 16 heavy (non-hydrogen) atoms. The first-order valence-electron chi connectivity index (χ1n) is 5.80. The van der Waals surface area contributed by atoms with E-state index in [0.717, 1.165) is 18.1 Å². The van der Waals surface area contributed by atoms with Gasteiger partial charge < -0.3 is 9.47 Å². The van der Waals surface area contributed by atoms with Crippen molar-refractivity contribution >= 4 is 0 Å². The third-order valence-electron chi connectivity index (χ3n) is 3.48. The minimum Gasteiger partial charge on any atom is -0.493 e. The van der Waals surface area contributed by atoms with Crippen LogP contribution < -0.4 is 9.47 Å². The van der Waals surface area contributed by atoms with E-state index >= 15 is 0 Å². The van der Waals surface area contributed by atoms with E-state index in [1.807, 2.05) is 12.1 Å². The third kappa shape index (κ3) is 2.31. The van der Waals surface area contributed by atoms with Crippen LogP contribution in [0.3, 0.4) is 0 Å². The number of ether oxygens (including phenoxy) is 2. The highest BCUT2D eigenvalue weighted by Crippen LogP contribution is 2.51. The topological polar surface area (TPSA) is 18.5 Å². The molecule has 1 aliphatic rings. The summed E-state index contributed by atoms with van der Waals surface area (Å²) in [7, 11) is 1.68. The van der Waals surface area contributed by atoms with Crippen molar-refractivity contribution in [1.82, 2.24) is 0 Å². The Labute approximate surface area is 97.6 Å². The average Bonchev–Trinajstić information content (AvgIpc) is 2.84. The summed E-state index contributed by atoms with van der Waals surface area (Å²) in [5.74, 6) is 2.38. The van der Waals surface area contributed by atoms with Gasteiger partial charge in [-0.2, -0.15) is 0 Å². The standard InChI is InChI=1S/C14H20O2/c1-10-5-6-12(13(7-10)15-4)16-9-11-8-14(11,2)3/h5-7,11H,8-9H2,1-4H3. The normalized spacial score (nSPS) is 21.6. The second-order valence-electron chi connectivity index (χ2n) is 5.35. The second kappa shape index (κ2) is 4.00. The van der Waals surface area contributed by atoms with Gasteiger partial charge >= 0.3 is 0 Å². The van der Waals surface area contributed by atoms with Gasteiger partial charge in [-0.1, -0.05) is 19.9 Å². The highest BCUT2D eigenvalue weighted by atomic mass is 16.5. The molecular formula is C14H20O2. The van der Waals surface area contributed by atoms with Crippen molar-refractivity contribution in [3.63, 3.8) is 0 Å². The average molecular weight is 220 g/mol. The van der Waals surface area contributed by atoms with Crippen LogP contribution in [0.15, 0.2) is 18.2 Å². The summed E-state index contributed by atoms with van der Waals surface area (Å²) in [5, 5.41) is 0. The van der Waals surface area contributed by atoms with E-state index in [0.29, 0.717) is 11.3 Å². The molecular weight excluding hydrogens is 200 g/mol. The smallest absolute Gasteiger partial charge is 0.161 e. The lowest BCUT2D eigenvalue weighted by Crippen LogP contribution is -2.05. The van der Waals surface area contributed by atoms with Gasteiger partial charge in [-0.25, -0.2) is 0 Å². The molecule has 1 saturated carbocycles. The molecule has 1 unspecified atom stereocenters. The van der Waals surface area contributed by atoms with Crippen LogP contribution in [-0.2, 0) is 0 Å². The zero-order valence-electron chi connectivity index (χ0n) is 10.5. The van der Waals surface area contributed by atoms with Crippen LogP contribution in [0.25, 0.3) is 0 Å². The summed E-state index contributed by atoms with van der Waals surface area (Å²) in [5.41, 5.74) is 1.66. The number of rotatable bonds is 4. The van der Waals surface area contributed by atoms with Crippen LogP contribution in [0.2, 0.25) is 0 Å². The maximum atomic E-state index is 5.82. The van der Waals surface area contributed by atoms with Crippen LogP contribution >= 0.6 is 0 Å². The number of methoxy groups -OCH3 is 1. The highest BCUT2D eigenvalue weighted by molar-refractivity contribution is 5.42. The van der Waals surface area contributed by atoms with Crippen LogP contribution in [-0.4, -0.2) is 13.7 Å². The van der Waals surface area contributed by atoms with Gasteiger partial charge in [-0.05, 0) is 42.4 Å². The van der Waals surface area contributed by atoms with E-state index in [4.69, 9.17) is 9.47 Å². The van der Waals surface area contributed by atoms with Gasteiger partial charge in [0.2, 0.25) is 0 Å². The zero-order valence-corrected chi connectivity index (χ0v) is 10.5. The predicted octanol–water partition coefficient (Wildman–Crippen LogP) is 3.43. The minimum atomic E-state index is 0.470. The lowest BCUT2D eigenvalue weighted by Gasteiger charge is -2.11. The van der Waals surface area contributed by atoms with E-state index < -0.39 is 0 Å². The molecule has 0 aromatic heterocycles. The quantitative estimate of drug-likeness (QED) is 0.774. The fourth-order valence-electron chi connectivity index (χ4n) is 1.95. The number of benzene rings is 1. The first kappa shape index (κ1) is 11.3. The van der Waals surface area contributed by atoms with Crippen molar-refractivity contribution in [3.8, 4) is 11.5 Å². The van der Waals surface area contributed by atoms with Gasteiger partial charge in [0.1, 0.15) is 0 Å². The van der Waals surface area contributed by atoms with Gasteiger partial charge in [0.05, 0.1) is 13.7 Å². The highest BCUT2D eigenvalue weighted by Gasteiger charge is 2.45. The lowest BCUT2D eigenvalue weighted by atomic mass is 10.1. The van der Waals surface area contributed by atoms with Gasteiger partial charge in [0, 0.05) is 0 Å². The molecule has 2 nitrogen and oxygen atoms in total. The van der Waals surface area contributed by atoms with Crippen molar-refractivity contribution < 1.29 is 9.47 Å². The molecule has 1 aliphatic carbocycles. The monoisotopic (exact) mass is 220 g/mol. The van der Waals surface area contributed by atoms with Gasteiger partial charge in [-0.15, -0.1) is 0 Å². The summed E-state index contributed by atoms with van der Waals surface area (Å²) in [6.07, 6.45) is 1.27. The van der Waals surface area contributed by atoms with E-state index in [-0.39, 0.29) is 0 Å². The summed E-state index contributed by atoms with van der Waals surface area (Å²) >= 11 is 0. The first-order chi connectivity index (χ1) is 7.53. The largest absolute Gasteiger partial charge is 0.493 e. The molecule has 0 radical (unpaired) electrons. The molecule has 2 rings (SSSR count). The van der Waals surface area contributed by atoms with Crippen molar-refractivity contribution in [2.75, 3.05) is 13.7 Å². The molecule has 0 amide bonds. The van der Waals surface area contributed by atoms with Crippen molar-refractivity contribution in [2.24, 2.45) is 11.3 Å². The Morgan fingerprint density at radius 2 is 2.00 bits per heavy atom. The zero-order chi connectivity index (χ0) is 11.8. The summed E-state index contributed by atoms with van der Waals surface area (Å²) in [6.45, 7) is 7.42. The van der Waals surface area contributed by atoms with E-state index in [9.17, 15) is 0 Å². The first-order valence-corrected chi connectivity index (χ1v) is 5.80. The second-order valence-corrected chi connectivity index (χ2v) is 5.35. The Morgan fingerprint density at radius 3 is 2.56 bits per heavy atom. The van der Waals surface area contributed by atoms with E-state index in [1.54, 1.807) is 7.11 Å². The Morgan fingerprint density at radius 1 is 1.31 bits per heavy atom. The van der Waals surface area contributed by atoms with Crippen LogP contribution in [0.4, 0.5) is 0 Å². The van der Waals surface area contributed by atoms with Crippen molar-refractivity contribution in [1.29, 1.82) is 0 Å². The Kier molecular flexibility index (Phi) is 2.83. The molecule has 1 fully saturated rings. The Balaban J connectivity index is 1.99. The fraction of sp³-hybridized carbons (Fsp3) is 0.571. The molecule has 1 aromatic rings. The summed E-state index contributed by atoms with van der Waals surface area (Å²) in [4.78, 5) is 0. The van der Waals surface area contributed by atoms with Crippen LogP contribution in [0.5, 0.6) is 11.5 Å². The molecule has 0 bridgehead atoms. The number of hydrogen-bond donors (Lipinski definition) is 0. The summed E-state index contributed by atoms with van der Waals surface area (Å²) < 4.78 is 11.1. The van der Waals surface area contributed by atoms with Crippen LogP contribution in [0.1, 0.15) is 25.8 Å². The van der Waals surface area contributed by atoms with Gasteiger partial charge in [0.15, 0.2) is 11.5 Å². The molecule has 0 spiro atoms. The lowest BCUT2D eigenvalue weighted by molar-refractivity contribution is 0.264. The minimum absolute atomic E-state index is 0.470. The van der Waals surface area contributed by atoms with Crippen molar-refractivity contribution in [3.05, 3.63) is 23.8 Å². The number of aryl methyl sites for hydroxylation is 1. The van der Waals surface area contributed by atoms with Gasteiger partial charge in [0.25, 0.3) is 0 Å². The van der Waals surface area contributed by atoms with Crippen molar-refractivity contribution in [2.45, 2.75) is 27.2 Å². The fourth-order valence-corrected chi connectivity index (χ4v) is 1.95. The maximum absolute atomic E-state index is 5.82. The molecule has 0 N–H and O–H groups in total. The Hall–Kier alpha value is -1.18. The molecule has 1 atom stereocenters. The molecule has 88 valence electrons. The van der Waals surface area contributed by atoms with E-state index in [2.05, 4.69) is 26.8 Å².